The number of imide groups is 1. The van der Waals surface area contributed by atoms with Gasteiger partial charge in [0.1, 0.15) is 0 Å². The van der Waals surface area contributed by atoms with Gasteiger partial charge in [-0.05, 0) is 37.5 Å². The van der Waals surface area contributed by atoms with Crippen LogP contribution in [0.2, 0.25) is 0 Å². The van der Waals surface area contributed by atoms with E-state index in [2.05, 4.69) is 5.32 Å². The molecule has 0 unspecified atom stereocenters. The van der Waals surface area contributed by atoms with E-state index in [9.17, 15) is 9.59 Å². The van der Waals surface area contributed by atoms with Crippen LogP contribution >= 0.6 is 0 Å². The molecule has 2 atom stereocenters. The SMILES string of the molecule is O=C1NC(=O)[C@H]2C3CCC(CC3)[C@@H]12. The van der Waals surface area contributed by atoms with Crippen LogP contribution < -0.4 is 5.32 Å². The van der Waals surface area contributed by atoms with Gasteiger partial charge in [0.2, 0.25) is 11.8 Å². The summed E-state index contributed by atoms with van der Waals surface area (Å²) < 4.78 is 0. The van der Waals surface area contributed by atoms with E-state index in [0.29, 0.717) is 11.8 Å². The average Bonchev–Trinajstić information content (AvgIpc) is 2.47. The Morgan fingerprint density at radius 3 is 1.62 bits per heavy atom. The Morgan fingerprint density at radius 1 is 0.846 bits per heavy atom. The number of amides is 2. The van der Waals surface area contributed by atoms with Crippen LogP contribution in [-0.2, 0) is 9.59 Å². The summed E-state index contributed by atoms with van der Waals surface area (Å²) >= 11 is 0. The Labute approximate surface area is 76.9 Å². The minimum absolute atomic E-state index is 0.00407. The van der Waals surface area contributed by atoms with Gasteiger partial charge >= 0.3 is 0 Å². The van der Waals surface area contributed by atoms with Gasteiger partial charge in [-0.1, -0.05) is 0 Å². The molecule has 4 fully saturated rings. The van der Waals surface area contributed by atoms with Gasteiger partial charge in [-0.2, -0.15) is 0 Å². The monoisotopic (exact) mass is 179 g/mol. The van der Waals surface area contributed by atoms with E-state index in [4.69, 9.17) is 0 Å². The second kappa shape index (κ2) is 2.34. The Kier molecular flexibility index (Phi) is 1.35. The lowest BCUT2D eigenvalue weighted by atomic mass is 9.59. The van der Waals surface area contributed by atoms with Crippen LogP contribution in [0.25, 0.3) is 0 Å². The highest BCUT2D eigenvalue weighted by atomic mass is 16.2. The van der Waals surface area contributed by atoms with Gasteiger partial charge in [-0.3, -0.25) is 14.9 Å². The number of rotatable bonds is 0. The molecular weight excluding hydrogens is 166 g/mol. The molecule has 0 aromatic heterocycles. The van der Waals surface area contributed by atoms with Crippen molar-refractivity contribution in [3.8, 4) is 0 Å². The number of hydrogen-bond donors (Lipinski definition) is 1. The quantitative estimate of drug-likeness (QED) is 0.556. The summed E-state index contributed by atoms with van der Waals surface area (Å²) in [6.45, 7) is 0. The van der Waals surface area contributed by atoms with Crippen molar-refractivity contribution in [2.75, 3.05) is 0 Å². The lowest BCUT2D eigenvalue weighted by Gasteiger charge is -2.42. The summed E-state index contributed by atoms with van der Waals surface area (Å²) in [5, 5.41) is 2.48. The first-order valence-electron chi connectivity index (χ1n) is 5.12. The summed E-state index contributed by atoms with van der Waals surface area (Å²) in [5.74, 6) is 1.09. The minimum atomic E-state index is 0.00407. The van der Waals surface area contributed by atoms with Gasteiger partial charge in [-0.25, -0.2) is 0 Å². The smallest absolute Gasteiger partial charge is 0.230 e. The molecule has 3 nitrogen and oxygen atoms in total. The van der Waals surface area contributed by atoms with Crippen molar-refractivity contribution in [2.45, 2.75) is 25.7 Å². The van der Waals surface area contributed by atoms with Crippen LogP contribution in [-0.4, -0.2) is 11.8 Å². The van der Waals surface area contributed by atoms with Crippen molar-refractivity contribution >= 4 is 11.8 Å². The molecule has 70 valence electrons. The highest BCUT2D eigenvalue weighted by Crippen LogP contribution is 2.50. The topological polar surface area (TPSA) is 46.2 Å². The fraction of sp³-hybridized carbons (Fsp3) is 0.800. The molecule has 0 aromatic rings. The third-order valence-corrected chi connectivity index (χ3v) is 4.07. The predicted molar refractivity (Wildman–Crippen MR) is 45.6 cm³/mol. The second-order valence-electron chi connectivity index (χ2n) is 4.58. The fourth-order valence-corrected chi connectivity index (χ4v) is 3.49. The van der Waals surface area contributed by atoms with Crippen LogP contribution in [0.3, 0.4) is 0 Å². The van der Waals surface area contributed by atoms with Gasteiger partial charge in [-0.15, -0.1) is 0 Å². The van der Waals surface area contributed by atoms with E-state index in [1.54, 1.807) is 0 Å². The maximum atomic E-state index is 11.5. The number of nitrogens with one attached hydrogen (secondary N) is 1. The summed E-state index contributed by atoms with van der Waals surface area (Å²) in [4.78, 5) is 23.0. The zero-order chi connectivity index (χ0) is 9.00. The third-order valence-electron chi connectivity index (χ3n) is 4.07. The van der Waals surface area contributed by atoms with E-state index >= 15 is 0 Å². The molecule has 1 aliphatic heterocycles. The molecule has 2 amide bonds. The van der Waals surface area contributed by atoms with Crippen LogP contribution in [0, 0.1) is 23.7 Å². The molecule has 0 radical (unpaired) electrons. The fourth-order valence-electron chi connectivity index (χ4n) is 3.49. The van der Waals surface area contributed by atoms with E-state index in [1.165, 1.54) is 0 Å². The van der Waals surface area contributed by atoms with Crippen molar-refractivity contribution in [3.63, 3.8) is 0 Å². The van der Waals surface area contributed by atoms with Crippen LogP contribution in [0.15, 0.2) is 0 Å². The first kappa shape index (κ1) is 7.54. The van der Waals surface area contributed by atoms with Crippen molar-refractivity contribution in [1.82, 2.24) is 5.32 Å². The van der Waals surface area contributed by atoms with Crippen LogP contribution in [0.4, 0.5) is 0 Å². The number of hydrogen-bond acceptors (Lipinski definition) is 2. The lowest BCUT2D eigenvalue weighted by Crippen LogP contribution is -2.41. The number of carbonyl (C=O) groups is 2. The van der Waals surface area contributed by atoms with E-state index in [-0.39, 0.29) is 23.7 Å². The average molecular weight is 179 g/mol. The van der Waals surface area contributed by atoms with Gasteiger partial charge in [0.15, 0.2) is 0 Å². The number of fused-ring (bicyclic) bond motifs is 2. The van der Waals surface area contributed by atoms with Gasteiger partial charge in [0.25, 0.3) is 0 Å². The highest BCUT2D eigenvalue weighted by molar-refractivity contribution is 6.05. The molecule has 2 bridgehead atoms. The molecule has 1 heterocycles. The van der Waals surface area contributed by atoms with Crippen molar-refractivity contribution < 1.29 is 9.59 Å². The molecule has 3 saturated carbocycles. The van der Waals surface area contributed by atoms with Crippen molar-refractivity contribution in [1.29, 1.82) is 0 Å². The summed E-state index contributed by atoms with van der Waals surface area (Å²) in [6.07, 6.45) is 4.64. The van der Waals surface area contributed by atoms with E-state index in [1.807, 2.05) is 0 Å². The predicted octanol–water partition coefficient (Wildman–Crippen LogP) is 0.695. The van der Waals surface area contributed by atoms with E-state index < -0.39 is 0 Å². The molecule has 1 saturated heterocycles. The summed E-state index contributed by atoms with van der Waals surface area (Å²) in [6, 6.07) is 0. The second-order valence-corrected chi connectivity index (χ2v) is 4.58. The molecule has 13 heavy (non-hydrogen) atoms. The van der Waals surface area contributed by atoms with E-state index in [0.717, 1.165) is 25.7 Å². The van der Waals surface area contributed by atoms with Crippen molar-refractivity contribution in [3.05, 3.63) is 0 Å². The zero-order valence-electron chi connectivity index (χ0n) is 7.45. The summed E-state index contributed by atoms with van der Waals surface area (Å²) in [7, 11) is 0. The lowest BCUT2D eigenvalue weighted by molar-refractivity contribution is -0.129. The van der Waals surface area contributed by atoms with Gasteiger partial charge < -0.3 is 0 Å². The summed E-state index contributed by atoms with van der Waals surface area (Å²) in [5.41, 5.74) is 0. The molecular formula is C10H13NO2. The highest BCUT2D eigenvalue weighted by Gasteiger charge is 2.54. The molecule has 4 aliphatic rings. The molecule has 0 aromatic carbocycles. The number of carbonyl (C=O) groups excluding carboxylic acids is 2. The first-order chi connectivity index (χ1) is 6.27. The molecule has 3 heteroatoms. The van der Waals surface area contributed by atoms with Gasteiger partial charge in [0.05, 0.1) is 11.8 Å². The molecule has 4 rings (SSSR count). The standard InChI is InChI=1S/C10H13NO2/c12-9-7-5-1-2-6(4-3-5)8(7)10(13)11-9/h5-8H,1-4H2,(H,11,12,13)/t5?,6?,7-,8+. The van der Waals surface area contributed by atoms with Crippen LogP contribution in [0.5, 0.6) is 0 Å². The Hall–Kier alpha value is -0.860. The van der Waals surface area contributed by atoms with Crippen molar-refractivity contribution in [2.24, 2.45) is 23.7 Å². The zero-order valence-corrected chi connectivity index (χ0v) is 7.45. The Balaban J connectivity index is 2.00. The minimum Gasteiger partial charge on any atom is -0.296 e. The maximum Gasteiger partial charge on any atom is 0.230 e. The Bertz CT molecular complexity index is 251. The third kappa shape index (κ3) is 0.847. The molecule has 3 aliphatic carbocycles. The van der Waals surface area contributed by atoms with Gasteiger partial charge in [0, 0.05) is 0 Å². The molecule has 0 spiro atoms. The first-order valence-corrected chi connectivity index (χ1v) is 5.12. The normalized spacial score (nSPS) is 47.7. The molecule has 1 N–H and O–H groups in total. The largest absolute Gasteiger partial charge is 0.296 e. The van der Waals surface area contributed by atoms with Crippen LogP contribution in [0.1, 0.15) is 25.7 Å². The Morgan fingerprint density at radius 2 is 1.23 bits per heavy atom. The maximum absolute atomic E-state index is 11.5.